The van der Waals surface area contributed by atoms with Crippen LogP contribution in [0.4, 0.5) is 11.5 Å². The molecule has 0 unspecified atom stereocenters. The van der Waals surface area contributed by atoms with E-state index in [2.05, 4.69) is 25.5 Å². The van der Waals surface area contributed by atoms with Gasteiger partial charge in [0.15, 0.2) is 5.75 Å². The molecule has 1 aliphatic carbocycles. The van der Waals surface area contributed by atoms with Crippen molar-refractivity contribution in [2.24, 2.45) is 0 Å². The third kappa shape index (κ3) is 4.06. The number of pyridine rings is 2. The molecule has 0 spiro atoms. The van der Waals surface area contributed by atoms with E-state index in [-0.39, 0.29) is 24.4 Å². The predicted octanol–water partition coefficient (Wildman–Crippen LogP) is 2.66. The van der Waals surface area contributed by atoms with Gasteiger partial charge in [0.25, 0.3) is 5.91 Å². The summed E-state index contributed by atoms with van der Waals surface area (Å²) in [7, 11) is 0. The van der Waals surface area contributed by atoms with E-state index in [4.69, 9.17) is 4.74 Å². The number of hydrogen-bond donors (Lipinski definition) is 2. The number of anilines is 2. The van der Waals surface area contributed by atoms with Gasteiger partial charge in [-0.05, 0) is 31.9 Å². The van der Waals surface area contributed by atoms with Crippen LogP contribution in [0.1, 0.15) is 28.8 Å². The van der Waals surface area contributed by atoms with Crippen molar-refractivity contribution in [1.29, 1.82) is 0 Å². The Morgan fingerprint density at radius 2 is 2.03 bits per heavy atom. The zero-order chi connectivity index (χ0) is 19.8. The third-order valence-electron chi connectivity index (χ3n) is 5.39. The van der Waals surface area contributed by atoms with Crippen LogP contribution in [-0.2, 0) is 0 Å². The molecule has 3 aromatic heterocycles. The molecule has 1 aliphatic heterocycles. The zero-order valence-electron chi connectivity index (χ0n) is 16.8. The normalized spacial score (nSPS) is 16.2. The predicted molar refractivity (Wildman–Crippen MR) is 118 cm³/mol. The first-order valence-corrected chi connectivity index (χ1v) is 10.0. The maximum Gasteiger partial charge on any atom is 0.258 e. The first-order valence-electron chi connectivity index (χ1n) is 10.0. The van der Waals surface area contributed by atoms with Crippen LogP contribution >= 0.6 is 12.4 Å². The molecule has 1 saturated heterocycles. The second-order valence-corrected chi connectivity index (χ2v) is 7.57. The Hall–Kier alpha value is -2.84. The number of aromatic nitrogens is 3. The van der Waals surface area contributed by atoms with E-state index in [9.17, 15) is 4.79 Å². The molecular formula is C21H25ClN6O2. The lowest BCUT2D eigenvalue weighted by molar-refractivity contribution is 0.102. The Labute approximate surface area is 181 Å². The van der Waals surface area contributed by atoms with Crippen LogP contribution in [0.15, 0.2) is 36.9 Å². The summed E-state index contributed by atoms with van der Waals surface area (Å²) in [5.74, 6) is 1.17. The summed E-state index contributed by atoms with van der Waals surface area (Å²) in [6, 6.07) is 3.59. The Bertz CT molecular complexity index is 1060. The van der Waals surface area contributed by atoms with Crippen LogP contribution < -0.4 is 20.3 Å². The number of imidazole rings is 1. The largest absolute Gasteiger partial charge is 0.488 e. The van der Waals surface area contributed by atoms with Gasteiger partial charge >= 0.3 is 0 Å². The van der Waals surface area contributed by atoms with Gasteiger partial charge in [-0.3, -0.25) is 4.79 Å². The highest BCUT2D eigenvalue weighted by Crippen LogP contribution is 2.39. The number of ether oxygens (including phenoxy) is 1. The van der Waals surface area contributed by atoms with Crippen molar-refractivity contribution >= 4 is 35.5 Å². The second-order valence-electron chi connectivity index (χ2n) is 7.57. The second kappa shape index (κ2) is 8.49. The van der Waals surface area contributed by atoms with Gasteiger partial charge < -0.3 is 24.7 Å². The highest BCUT2D eigenvalue weighted by atomic mass is 35.5. The lowest BCUT2D eigenvalue weighted by Gasteiger charge is -2.31. The topological polar surface area (TPSA) is 83.8 Å². The zero-order valence-corrected chi connectivity index (χ0v) is 17.6. The Balaban J connectivity index is 0.00000218. The van der Waals surface area contributed by atoms with Gasteiger partial charge in [-0.2, -0.15) is 0 Å². The molecule has 1 amide bonds. The van der Waals surface area contributed by atoms with E-state index in [1.165, 1.54) is 0 Å². The Kier molecular flexibility index (Phi) is 5.78. The molecule has 4 heterocycles. The van der Waals surface area contributed by atoms with E-state index in [1.807, 2.05) is 29.8 Å². The van der Waals surface area contributed by atoms with Crippen LogP contribution in [0.2, 0.25) is 0 Å². The standard InChI is InChI=1S/C21H24N6O2.ClH/c1-14-19(29-16-3-4-16)17(26-9-6-22-7-10-26)12-24-20(14)25-21(28)15-2-5-18-23-8-11-27(18)13-15;/h2,5,8,11-13,16,22H,3-4,6-7,9-10H2,1H3,(H,24,25,28);1H. The molecule has 30 heavy (non-hydrogen) atoms. The number of rotatable bonds is 5. The summed E-state index contributed by atoms with van der Waals surface area (Å²) in [5, 5.41) is 6.32. The molecule has 158 valence electrons. The fourth-order valence-corrected chi connectivity index (χ4v) is 3.57. The summed E-state index contributed by atoms with van der Waals surface area (Å²) in [6.45, 7) is 5.68. The molecule has 2 N–H and O–H groups in total. The summed E-state index contributed by atoms with van der Waals surface area (Å²) in [4.78, 5) is 23.9. The fourth-order valence-electron chi connectivity index (χ4n) is 3.57. The monoisotopic (exact) mass is 428 g/mol. The number of nitrogens with one attached hydrogen (secondary N) is 2. The van der Waals surface area contributed by atoms with Gasteiger partial charge in [0.1, 0.15) is 11.5 Å². The van der Waals surface area contributed by atoms with Crippen molar-refractivity contribution in [3.8, 4) is 5.75 Å². The number of piperazine rings is 1. The minimum Gasteiger partial charge on any atom is -0.488 e. The number of hydrogen-bond acceptors (Lipinski definition) is 6. The Morgan fingerprint density at radius 3 is 2.80 bits per heavy atom. The molecule has 0 atom stereocenters. The van der Waals surface area contributed by atoms with Crippen molar-refractivity contribution < 1.29 is 9.53 Å². The van der Waals surface area contributed by atoms with E-state index in [0.29, 0.717) is 11.4 Å². The van der Waals surface area contributed by atoms with Gasteiger partial charge in [-0.15, -0.1) is 12.4 Å². The van der Waals surface area contributed by atoms with Crippen molar-refractivity contribution in [1.82, 2.24) is 19.7 Å². The van der Waals surface area contributed by atoms with Gasteiger partial charge in [-0.1, -0.05) is 0 Å². The van der Waals surface area contributed by atoms with Crippen molar-refractivity contribution in [3.63, 3.8) is 0 Å². The molecule has 0 aromatic carbocycles. The highest BCUT2D eigenvalue weighted by Gasteiger charge is 2.28. The van der Waals surface area contributed by atoms with E-state index in [1.54, 1.807) is 18.5 Å². The first kappa shape index (κ1) is 20.4. The number of fused-ring (bicyclic) bond motifs is 1. The average Bonchev–Trinajstić information content (AvgIpc) is 3.44. The maximum atomic E-state index is 12.8. The van der Waals surface area contributed by atoms with Crippen LogP contribution in [0, 0.1) is 6.92 Å². The van der Waals surface area contributed by atoms with Crippen LogP contribution in [0.5, 0.6) is 5.75 Å². The molecule has 2 aliphatic rings. The van der Waals surface area contributed by atoms with Crippen molar-refractivity contribution in [2.75, 3.05) is 36.4 Å². The minimum absolute atomic E-state index is 0. The van der Waals surface area contributed by atoms with Gasteiger partial charge in [0, 0.05) is 50.3 Å². The molecule has 0 bridgehead atoms. The van der Waals surface area contributed by atoms with Gasteiger partial charge in [0.2, 0.25) is 0 Å². The number of halogens is 1. The van der Waals surface area contributed by atoms with Crippen LogP contribution in [0.3, 0.4) is 0 Å². The highest BCUT2D eigenvalue weighted by molar-refractivity contribution is 6.04. The van der Waals surface area contributed by atoms with E-state index < -0.39 is 0 Å². The number of nitrogens with zero attached hydrogens (tertiary/aromatic N) is 4. The number of carbonyl (C=O) groups excluding carboxylic acids is 1. The minimum atomic E-state index is -0.205. The molecule has 8 nitrogen and oxygen atoms in total. The Morgan fingerprint density at radius 1 is 1.23 bits per heavy atom. The summed E-state index contributed by atoms with van der Waals surface area (Å²) < 4.78 is 8.07. The summed E-state index contributed by atoms with van der Waals surface area (Å²) in [6.07, 6.45) is 9.54. The van der Waals surface area contributed by atoms with Gasteiger partial charge in [-0.25, -0.2) is 9.97 Å². The lowest BCUT2D eigenvalue weighted by Crippen LogP contribution is -2.43. The fraction of sp³-hybridized carbons (Fsp3) is 0.381. The molecule has 9 heteroatoms. The molecule has 3 aromatic rings. The van der Waals surface area contributed by atoms with Crippen molar-refractivity contribution in [2.45, 2.75) is 25.9 Å². The van der Waals surface area contributed by atoms with E-state index in [0.717, 1.165) is 61.7 Å². The van der Waals surface area contributed by atoms with Crippen LogP contribution in [0.25, 0.3) is 5.65 Å². The smallest absolute Gasteiger partial charge is 0.258 e. The number of amides is 1. The van der Waals surface area contributed by atoms with Gasteiger partial charge in [0.05, 0.1) is 23.6 Å². The SMILES string of the molecule is Cc1c(NC(=O)c2ccc3nccn3c2)ncc(N2CCNCC2)c1OC1CC1.Cl. The van der Waals surface area contributed by atoms with E-state index >= 15 is 0 Å². The van der Waals surface area contributed by atoms with Crippen LogP contribution in [-0.4, -0.2) is 52.6 Å². The third-order valence-corrected chi connectivity index (χ3v) is 5.39. The average molecular weight is 429 g/mol. The molecule has 1 saturated carbocycles. The summed E-state index contributed by atoms with van der Waals surface area (Å²) in [5.41, 5.74) is 3.22. The number of carbonyl (C=O) groups is 1. The maximum absolute atomic E-state index is 12.8. The molecule has 0 radical (unpaired) electrons. The van der Waals surface area contributed by atoms with Crippen molar-refractivity contribution in [3.05, 3.63) is 48.0 Å². The molecule has 5 rings (SSSR count). The molecule has 2 fully saturated rings. The summed E-state index contributed by atoms with van der Waals surface area (Å²) >= 11 is 0. The molecular weight excluding hydrogens is 404 g/mol. The lowest BCUT2D eigenvalue weighted by atomic mass is 10.2. The quantitative estimate of drug-likeness (QED) is 0.650. The first-order chi connectivity index (χ1) is 14.2.